The van der Waals surface area contributed by atoms with Crippen molar-refractivity contribution in [3.63, 3.8) is 0 Å². The second-order valence-corrected chi connectivity index (χ2v) is 9.62. The van der Waals surface area contributed by atoms with Crippen molar-refractivity contribution >= 4 is 52.0 Å². The standard InChI is InChI=1S/C29H28ClN3O5/c1-16-14-22(28(38-5)23(30)15-16)26(35)24-25(18-6-10-20(11-7-18)32(3)4)33(29(37)27(24)36)21-12-8-19(9-13-21)31-17(2)34/h6-15,25,35H,1-5H3,(H,31,34)/b26-24+. The highest BCUT2D eigenvalue weighted by Gasteiger charge is 2.47. The van der Waals surface area contributed by atoms with Crippen LogP contribution in [0, 0.1) is 6.92 Å². The van der Waals surface area contributed by atoms with E-state index in [0.29, 0.717) is 16.9 Å². The predicted molar refractivity (Wildman–Crippen MR) is 149 cm³/mol. The molecule has 1 unspecified atom stereocenters. The number of halogens is 1. The number of amides is 2. The van der Waals surface area contributed by atoms with Crippen LogP contribution in [0.2, 0.25) is 5.02 Å². The summed E-state index contributed by atoms with van der Waals surface area (Å²) < 4.78 is 5.44. The van der Waals surface area contributed by atoms with Crippen LogP contribution in [0.3, 0.4) is 0 Å². The number of ketones is 1. The third-order valence-corrected chi connectivity index (χ3v) is 6.56. The number of carbonyl (C=O) groups excluding carboxylic acids is 3. The van der Waals surface area contributed by atoms with Gasteiger partial charge >= 0.3 is 0 Å². The Morgan fingerprint density at radius 3 is 2.24 bits per heavy atom. The minimum atomic E-state index is -0.929. The zero-order valence-electron chi connectivity index (χ0n) is 21.7. The van der Waals surface area contributed by atoms with Gasteiger partial charge in [0, 0.05) is 38.1 Å². The number of carbonyl (C=O) groups is 3. The summed E-state index contributed by atoms with van der Waals surface area (Å²) in [7, 11) is 5.23. The molecule has 8 nitrogen and oxygen atoms in total. The first-order valence-corrected chi connectivity index (χ1v) is 12.2. The van der Waals surface area contributed by atoms with E-state index in [9.17, 15) is 19.5 Å². The number of benzene rings is 3. The molecule has 0 saturated carbocycles. The molecule has 1 aliphatic rings. The van der Waals surface area contributed by atoms with E-state index < -0.39 is 17.7 Å². The largest absolute Gasteiger partial charge is 0.507 e. The zero-order chi connectivity index (χ0) is 27.7. The molecule has 1 aliphatic heterocycles. The van der Waals surface area contributed by atoms with Crippen LogP contribution in [0.15, 0.2) is 66.2 Å². The van der Waals surface area contributed by atoms with Crippen LogP contribution in [0.25, 0.3) is 5.76 Å². The van der Waals surface area contributed by atoms with Gasteiger partial charge in [0.2, 0.25) is 5.91 Å². The maximum absolute atomic E-state index is 13.5. The molecule has 0 radical (unpaired) electrons. The highest BCUT2D eigenvalue weighted by molar-refractivity contribution is 6.51. The van der Waals surface area contributed by atoms with Crippen LogP contribution in [0.1, 0.15) is 29.7 Å². The Morgan fingerprint density at radius 1 is 1.05 bits per heavy atom. The predicted octanol–water partition coefficient (Wildman–Crippen LogP) is 5.31. The number of nitrogens with zero attached hydrogens (tertiary/aromatic N) is 2. The van der Waals surface area contributed by atoms with Gasteiger partial charge < -0.3 is 20.1 Å². The molecule has 1 heterocycles. The average molecular weight is 534 g/mol. The molecule has 4 rings (SSSR count). The molecular formula is C29H28ClN3O5. The number of hydrogen-bond acceptors (Lipinski definition) is 6. The monoisotopic (exact) mass is 533 g/mol. The number of rotatable bonds is 6. The summed E-state index contributed by atoms with van der Waals surface area (Å²) in [6.07, 6.45) is 0. The van der Waals surface area contributed by atoms with Gasteiger partial charge in [-0.05, 0) is 66.6 Å². The Kier molecular flexibility index (Phi) is 7.46. The summed E-state index contributed by atoms with van der Waals surface area (Å²) >= 11 is 6.37. The number of hydrogen-bond donors (Lipinski definition) is 2. The van der Waals surface area contributed by atoms with Crippen LogP contribution in [-0.2, 0) is 14.4 Å². The van der Waals surface area contributed by atoms with E-state index in [4.69, 9.17) is 16.3 Å². The Hall–Kier alpha value is -4.30. The van der Waals surface area contributed by atoms with Gasteiger partial charge in [0.15, 0.2) is 0 Å². The number of aliphatic hydroxyl groups is 1. The molecule has 196 valence electrons. The minimum Gasteiger partial charge on any atom is -0.507 e. The van der Waals surface area contributed by atoms with Crippen LogP contribution in [-0.4, -0.2) is 43.9 Å². The Bertz CT molecular complexity index is 1450. The fraction of sp³-hybridized carbons (Fsp3) is 0.207. The van der Waals surface area contributed by atoms with Crippen molar-refractivity contribution in [2.45, 2.75) is 19.9 Å². The molecule has 2 amide bonds. The summed E-state index contributed by atoms with van der Waals surface area (Å²) in [6, 6.07) is 16.4. The summed E-state index contributed by atoms with van der Waals surface area (Å²) in [5, 5.41) is 14.5. The lowest BCUT2D eigenvalue weighted by Gasteiger charge is -2.26. The number of ether oxygens (including phenoxy) is 1. The number of aryl methyl sites for hydroxylation is 1. The number of nitrogens with one attached hydrogen (secondary N) is 1. The lowest BCUT2D eigenvalue weighted by Crippen LogP contribution is -2.29. The number of Topliss-reactive ketones (excluding diaryl/α,β-unsaturated/α-hetero) is 1. The molecule has 3 aromatic carbocycles. The van der Waals surface area contributed by atoms with Gasteiger partial charge in [-0.2, -0.15) is 0 Å². The third kappa shape index (κ3) is 4.95. The van der Waals surface area contributed by atoms with E-state index in [0.717, 1.165) is 11.3 Å². The van der Waals surface area contributed by atoms with Gasteiger partial charge in [0.1, 0.15) is 11.5 Å². The van der Waals surface area contributed by atoms with Gasteiger partial charge in [-0.1, -0.05) is 23.7 Å². The van der Waals surface area contributed by atoms with Crippen molar-refractivity contribution in [1.29, 1.82) is 0 Å². The van der Waals surface area contributed by atoms with E-state index in [-0.39, 0.29) is 33.6 Å². The molecule has 0 aromatic heterocycles. The molecule has 1 atom stereocenters. The summed E-state index contributed by atoms with van der Waals surface area (Å²) in [5.41, 5.74) is 3.40. The highest BCUT2D eigenvalue weighted by atomic mass is 35.5. The van der Waals surface area contributed by atoms with Gasteiger partial charge in [0.05, 0.1) is 29.3 Å². The first-order valence-electron chi connectivity index (χ1n) is 11.8. The first kappa shape index (κ1) is 26.8. The maximum Gasteiger partial charge on any atom is 0.300 e. The van der Waals surface area contributed by atoms with Crippen LogP contribution >= 0.6 is 11.6 Å². The molecule has 0 aliphatic carbocycles. The van der Waals surface area contributed by atoms with E-state index in [2.05, 4.69) is 5.32 Å². The molecule has 2 N–H and O–H groups in total. The molecule has 1 saturated heterocycles. The molecule has 38 heavy (non-hydrogen) atoms. The topological polar surface area (TPSA) is 99.2 Å². The quantitative estimate of drug-likeness (QED) is 0.253. The second-order valence-electron chi connectivity index (χ2n) is 9.21. The average Bonchev–Trinajstić information content (AvgIpc) is 3.13. The lowest BCUT2D eigenvalue weighted by molar-refractivity contribution is -0.132. The third-order valence-electron chi connectivity index (χ3n) is 6.28. The Morgan fingerprint density at radius 2 is 1.68 bits per heavy atom. The number of methoxy groups -OCH3 is 1. The molecule has 0 bridgehead atoms. The molecular weight excluding hydrogens is 506 g/mol. The smallest absolute Gasteiger partial charge is 0.300 e. The summed E-state index contributed by atoms with van der Waals surface area (Å²) in [5.74, 6) is -2.05. The van der Waals surface area contributed by atoms with Gasteiger partial charge in [0.25, 0.3) is 11.7 Å². The normalized spacial score (nSPS) is 16.5. The number of anilines is 3. The molecule has 0 spiro atoms. The van der Waals surface area contributed by atoms with Gasteiger partial charge in [-0.3, -0.25) is 19.3 Å². The Labute approximate surface area is 226 Å². The molecule has 9 heteroatoms. The van der Waals surface area contributed by atoms with Crippen LogP contribution < -0.4 is 19.9 Å². The summed E-state index contributed by atoms with van der Waals surface area (Å²) in [6.45, 7) is 3.20. The van der Waals surface area contributed by atoms with Crippen molar-refractivity contribution in [3.8, 4) is 5.75 Å². The molecule has 3 aromatic rings. The van der Waals surface area contributed by atoms with Gasteiger partial charge in [-0.25, -0.2) is 0 Å². The van der Waals surface area contributed by atoms with Crippen molar-refractivity contribution in [3.05, 3.63) is 87.9 Å². The van der Waals surface area contributed by atoms with E-state index >= 15 is 0 Å². The van der Waals surface area contributed by atoms with E-state index in [1.54, 1.807) is 43.3 Å². The van der Waals surface area contributed by atoms with Gasteiger partial charge in [-0.15, -0.1) is 0 Å². The van der Waals surface area contributed by atoms with Crippen LogP contribution in [0.4, 0.5) is 17.1 Å². The van der Waals surface area contributed by atoms with Crippen LogP contribution in [0.5, 0.6) is 5.75 Å². The minimum absolute atomic E-state index is 0.0847. The zero-order valence-corrected chi connectivity index (χ0v) is 22.5. The fourth-order valence-electron chi connectivity index (χ4n) is 4.54. The lowest BCUT2D eigenvalue weighted by atomic mass is 9.94. The fourth-order valence-corrected chi connectivity index (χ4v) is 4.89. The van der Waals surface area contributed by atoms with Crippen molar-refractivity contribution in [1.82, 2.24) is 0 Å². The first-order chi connectivity index (χ1) is 18.0. The number of aliphatic hydroxyl groups excluding tert-OH is 1. The highest BCUT2D eigenvalue weighted by Crippen LogP contribution is 2.44. The maximum atomic E-state index is 13.5. The summed E-state index contributed by atoms with van der Waals surface area (Å²) in [4.78, 5) is 41.7. The second kappa shape index (κ2) is 10.6. The Balaban J connectivity index is 1.94. The molecule has 1 fully saturated rings. The van der Waals surface area contributed by atoms with E-state index in [1.165, 1.54) is 18.9 Å². The van der Waals surface area contributed by atoms with Crippen molar-refractivity contribution in [2.75, 3.05) is 36.3 Å². The van der Waals surface area contributed by atoms with Crippen molar-refractivity contribution < 1.29 is 24.2 Å². The SMILES string of the molecule is COc1c(Cl)cc(C)cc1/C(O)=C1\C(=O)C(=O)N(c2ccc(NC(C)=O)cc2)C1c1ccc(N(C)C)cc1. The van der Waals surface area contributed by atoms with E-state index in [1.807, 2.05) is 43.3 Å². The van der Waals surface area contributed by atoms with Crippen molar-refractivity contribution in [2.24, 2.45) is 0 Å².